The van der Waals surface area contributed by atoms with Crippen LogP contribution in [0.25, 0.3) is 5.69 Å². The topological polar surface area (TPSA) is 58.9 Å². The number of tetrazole rings is 1. The molecule has 0 spiro atoms. The van der Waals surface area contributed by atoms with E-state index in [1.807, 2.05) is 37.4 Å². The fourth-order valence-corrected chi connectivity index (χ4v) is 2.27. The molecule has 0 amide bonds. The number of aromatic nitrogens is 4. The van der Waals surface area contributed by atoms with Gasteiger partial charge in [0.05, 0.1) is 5.69 Å². The molecule has 18 heavy (non-hydrogen) atoms. The van der Waals surface area contributed by atoms with Crippen molar-refractivity contribution >= 4 is 5.95 Å². The van der Waals surface area contributed by atoms with Crippen LogP contribution >= 0.6 is 0 Å². The number of hydrogen-bond acceptors (Lipinski definition) is 5. The molecule has 1 atom stereocenters. The molecule has 0 saturated carbocycles. The van der Waals surface area contributed by atoms with Crippen molar-refractivity contribution in [3.05, 3.63) is 30.3 Å². The lowest BCUT2D eigenvalue weighted by Crippen LogP contribution is -2.35. The third-order valence-corrected chi connectivity index (χ3v) is 3.35. The Balaban J connectivity index is 1.91. The summed E-state index contributed by atoms with van der Waals surface area (Å²) in [5, 5.41) is 15.4. The number of anilines is 1. The first-order valence-electron chi connectivity index (χ1n) is 6.13. The summed E-state index contributed by atoms with van der Waals surface area (Å²) < 4.78 is 1.78. The first-order valence-corrected chi connectivity index (χ1v) is 6.13. The normalized spacial score (nSPS) is 19.1. The van der Waals surface area contributed by atoms with E-state index in [1.165, 1.54) is 0 Å². The second-order valence-electron chi connectivity index (χ2n) is 4.48. The lowest BCUT2D eigenvalue weighted by molar-refractivity contribution is 0.656. The molecule has 94 valence electrons. The number of para-hydroxylation sites is 1. The highest BCUT2D eigenvalue weighted by Crippen LogP contribution is 2.18. The second kappa shape index (κ2) is 4.73. The van der Waals surface area contributed by atoms with Crippen LogP contribution in [0.5, 0.6) is 0 Å². The van der Waals surface area contributed by atoms with Crippen LogP contribution in [0.15, 0.2) is 30.3 Å². The van der Waals surface area contributed by atoms with Crippen LogP contribution in [0.2, 0.25) is 0 Å². The molecular weight excluding hydrogens is 228 g/mol. The molecule has 1 N–H and O–H groups in total. The van der Waals surface area contributed by atoms with Crippen LogP contribution in [-0.2, 0) is 0 Å². The zero-order valence-electron chi connectivity index (χ0n) is 10.3. The minimum Gasteiger partial charge on any atom is -0.338 e. The largest absolute Gasteiger partial charge is 0.338 e. The summed E-state index contributed by atoms with van der Waals surface area (Å²) in [6, 6.07) is 10.4. The molecule has 1 fully saturated rings. The second-order valence-corrected chi connectivity index (χ2v) is 4.48. The third-order valence-electron chi connectivity index (χ3n) is 3.35. The molecule has 0 bridgehead atoms. The van der Waals surface area contributed by atoms with E-state index in [1.54, 1.807) is 4.68 Å². The SMILES string of the molecule is CN(c1nnnn1-c1ccccc1)C1CCNC1. The summed E-state index contributed by atoms with van der Waals surface area (Å²) in [5.41, 5.74) is 0.982. The van der Waals surface area contributed by atoms with Crippen molar-refractivity contribution in [3.63, 3.8) is 0 Å². The molecule has 6 heteroatoms. The molecule has 1 aliphatic rings. The van der Waals surface area contributed by atoms with Crippen molar-refractivity contribution in [1.82, 2.24) is 25.5 Å². The van der Waals surface area contributed by atoms with Gasteiger partial charge in [-0.25, -0.2) is 0 Å². The van der Waals surface area contributed by atoms with Crippen LogP contribution in [0, 0.1) is 0 Å². The van der Waals surface area contributed by atoms with Crippen molar-refractivity contribution in [2.24, 2.45) is 0 Å². The third kappa shape index (κ3) is 1.95. The predicted molar refractivity (Wildman–Crippen MR) is 68.8 cm³/mol. The highest BCUT2D eigenvalue weighted by Gasteiger charge is 2.23. The van der Waals surface area contributed by atoms with Gasteiger partial charge in [0.1, 0.15) is 0 Å². The van der Waals surface area contributed by atoms with Gasteiger partial charge in [0.2, 0.25) is 5.95 Å². The average molecular weight is 244 g/mol. The van der Waals surface area contributed by atoms with Gasteiger partial charge < -0.3 is 10.2 Å². The zero-order chi connectivity index (χ0) is 12.4. The van der Waals surface area contributed by atoms with E-state index in [0.29, 0.717) is 6.04 Å². The van der Waals surface area contributed by atoms with Crippen molar-refractivity contribution < 1.29 is 0 Å². The number of benzene rings is 1. The van der Waals surface area contributed by atoms with Gasteiger partial charge in [0.15, 0.2) is 0 Å². The maximum absolute atomic E-state index is 4.14. The first kappa shape index (κ1) is 11.2. The van der Waals surface area contributed by atoms with E-state index >= 15 is 0 Å². The Morgan fingerprint density at radius 1 is 1.33 bits per heavy atom. The van der Waals surface area contributed by atoms with Gasteiger partial charge in [-0.3, -0.25) is 0 Å². The highest BCUT2D eigenvalue weighted by molar-refractivity contribution is 5.40. The van der Waals surface area contributed by atoms with Gasteiger partial charge in [0, 0.05) is 19.6 Å². The summed E-state index contributed by atoms with van der Waals surface area (Å²) in [7, 11) is 2.04. The Hall–Kier alpha value is -1.95. The Morgan fingerprint density at radius 3 is 2.89 bits per heavy atom. The number of rotatable bonds is 3. The molecule has 1 saturated heterocycles. The average Bonchev–Trinajstić information content (AvgIpc) is 3.10. The number of likely N-dealkylation sites (N-methyl/N-ethyl adjacent to an activating group) is 1. The summed E-state index contributed by atoms with van der Waals surface area (Å²) in [6.07, 6.45) is 1.12. The van der Waals surface area contributed by atoms with E-state index < -0.39 is 0 Å². The lowest BCUT2D eigenvalue weighted by Gasteiger charge is -2.23. The molecule has 1 aromatic heterocycles. The number of nitrogens with one attached hydrogen (secondary N) is 1. The summed E-state index contributed by atoms with van der Waals surface area (Å²) in [6.45, 7) is 2.04. The molecule has 2 heterocycles. The van der Waals surface area contributed by atoms with Crippen molar-refractivity contribution in [2.45, 2.75) is 12.5 Å². The Labute approximate surface area is 106 Å². The molecule has 3 rings (SSSR count). The molecule has 0 radical (unpaired) electrons. The van der Waals surface area contributed by atoms with E-state index in [9.17, 15) is 0 Å². The summed E-state index contributed by atoms with van der Waals surface area (Å²) >= 11 is 0. The summed E-state index contributed by atoms with van der Waals surface area (Å²) in [5.74, 6) is 0.787. The van der Waals surface area contributed by atoms with Crippen LogP contribution in [-0.4, -0.2) is 46.4 Å². The fraction of sp³-hybridized carbons (Fsp3) is 0.417. The van der Waals surface area contributed by atoms with Crippen LogP contribution in [0.4, 0.5) is 5.95 Å². The molecule has 1 unspecified atom stereocenters. The zero-order valence-corrected chi connectivity index (χ0v) is 10.3. The highest BCUT2D eigenvalue weighted by atomic mass is 15.6. The van der Waals surface area contributed by atoms with Gasteiger partial charge in [-0.2, -0.15) is 4.68 Å². The Kier molecular flexibility index (Phi) is 2.93. The monoisotopic (exact) mass is 244 g/mol. The van der Waals surface area contributed by atoms with Gasteiger partial charge >= 0.3 is 0 Å². The first-order chi connectivity index (χ1) is 8.86. The van der Waals surface area contributed by atoms with Gasteiger partial charge in [-0.15, -0.1) is 0 Å². The molecule has 2 aromatic rings. The number of nitrogens with zero attached hydrogens (tertiary/aromatic N) is 5. The van der Waals surface area contributed by atoms with E-state index in [-0.39, 0.29) is 0 Å². The van der Waals surface area contributed by atoms with E-state index in [0.717, 1.165) is 31.1 Å². The standard InChI is InChI=1S/C12H16N6/c1-17(11-7-8-13-9-11)12-14-15-16-18(12)10-5-3-2-4-6-10/h2-6,11,13H,7-9H2,1H3. The molecule has 1 aliphatic heterocycles. The smallest absolute Gasteiger partial charge is 0.250 e. The van der Waals surface area contributed by atoms with E-state index in [4.69, 9.17) is 0 Å². The molecular formula is C12H16N6. The van der Waals surface area contributed by atoms with Gasteiger partial charge in [-0.1, -0.05) is 23.3 Å². The van der Waals surface area contributed by atoms with E-state index in [2.05, 4.69) is 25.7 Å². The van der Waals surface area contributed by atoms with Crippen molar-refractivity contribution in [1.29, 1.82) is 0 Å². The van der Waals surface area contributed by atoms with Gasteiger partial charge in [0.25, 0.3) is 0 Å². The summed E-state index contributed by atoms with van der Waals surface area (Å²) in [4.78, 5) is 2.15. The van der Waals surface area contributed by atoms with Crippen LogP contribution < -0.4 is 10.2 Å². The van der Waals surface area contributed by atoms with Crippen LogP contribution in [0.1, 0.15) is 6.42 Å². The quantitative estimate of drug-likeness (QED) is 0.850. The fourth-order valence-electron chi connectivity index (χ4n) is 2.27. The van der Waals surface area contributed by atoms with Gasteiger partial charge in [-0.05, 0) is 35.5 Å². The Bertz CT molecular complexity index is 502. The maximum Gasteiger partial charge on any atom is 0.250 e. The molecule has 0 aliphatic carbocycles. The predicted octanol–water partition coefficient (Wildman–Crippen LogP) is 0.460. The lowest BCUT2D eigenvalue weighted by atomic mass is 10.2. The minimum atomic E-state index is 0.457. The van der Waals surface area contributed by atoms with Crippen molar-refractivity contribution in [2.75, 3.05) is 25.0 Å². The maximum atomic E-state index is 4.14. The van der Waals surface area contributed by atoms with Crippen LogP contribution in [0.3, 0.4) is 0 Å². The molecule has 6 nitrogen and oxygen atoms in total. The van der Waals surface area contributed by atoms with Crippen molar-refractivity contribution in [3.8, 4) is 5.69 Å². The number of hydrogen-bond donors (Lipinski definition) is 1. The minimum absolute atomic E-state index is 0.457. The molecule has 1 aromatic carbocycles. The Morgan fingerprint density at radius 2 is 2.17 bits per heavy atom.